The van der Waals surface area contributed by atoms with E-state index in [1.165, 1.54) is 24.1 Å². The molecular weight excluding hydrogens is 323 g/mol. The summed E-state index contributed by atoms with van der Waals surface area (Å²) in [5.74, 6) is 0. The molecule has 0 amide bonds. The number of aryl methyl sites for hydroxylation is 2. The predicted octanol–water partition coefficient (Wildman–Crippen LogP) is -0.123. The highest BCUT2D eigenvalue weighted by Gasteiger charge is 2.07. The molecule has 0 fully saturated rings. The molecule has 0 atom stereocenters. The van der Waals surface area contributed by atoms with Gasteiger partial charge in [-0.1, -0.05) is 31.5 Å². The van der Waals surface area contributed by atoms with Crippen molar-refractivity contribution in [2.24, 2.45) is 0 Å². The Morgan fingerprint density at radius 3 is 2.71 bits per heavy atom. The Hall–Kier alpha value is -0.840. The first kappa shape index (κ1) is 14.2. The molecule has 0 unspecified atom stereocenters. The van der Waals surface area contributed by atoms with E-state index in [4.69, 9.17) is 0 Å². The number of imidazole rings is 1. The summed E-state index contributed by atoms with van der Waals surface area (Å²) in [7, 11) is 0. The maximum Gasteiger partial charge on any atom is 0.248 e. The molecule has 0 saturated heterocycles. The molecule has 2 nitrogen and oxygen atoms in total. The van der Waals surface area contributed by atoms with Crippen molar-refractivity contribution < 1.29 is 28.5 Å². The minimum absolute atomic E-state index is 0. The van der Waals surface area contributed by atoms with Crippen molar-refractivity contribution in [2.75, 3.05) is 0 Å². The molecule has 0 aliphatic rings. The highest BCUT2D eigenvalue weighted by atomic mass is 127. The van der Waals surface area contributed by atoms with Crippen LogP contribution in [-0.2, 0) is 6.54 Å². The van der Waals surface area contributed by atoms with Gasteiger partial charge in [-0.25, -0.2) is 9.13 Å². The van der Waals surface area contributed by atoms with Crippen molar-refractivity contribution in [1.82, 2.24) is 4.57 Å². The van der Waals surface area contributed by atoms with Crippen LogP contribution in [0, 0.1) is 6.92 Å². The van der Waals surface area contributed by atoms with E-state index in [1.54, 1.807) is 0 Å². The Balaban J connectivity index is 0.00000144. The number of hydrogen-bond donors (Lipinski definition) is 0. The molecule has 17 heavy (non-hydrogen) atoms. The molecule has 1 aromatic heterocycles. The van der Waals surface area contributed by atoms with E-state index in [0.29, 0.717) is 0 Å². The number of benzene rings is 1. The molecule has 0 aliphatic carbocycles. The summed E-state index contributed by atoms with van der Waals surface area (Å²) in [5.41, 5.74) is 2.57. The molecule has 0 spiro atoms. The van der Waals surface area contributed by atoms with Crippen LogP contribution >= 0.6 is 0 Å². The molecule has 0 saturated carbocycles. The summed E-state index contributed by atoms with van der Waals surface area (Å²) in [6.07, 6.45) is 8.91. The summed E-state index contributed by atoms with van der Waals surface area (Å²) in [5, 5.41) is 0. The topological polar surface area (TPSA) is 8.81 Å². The quantitative estimate of drug-likeness (QED) is 0.541. The second kappa shape index (κ2) is 6.79. The van der Waals surface area contributed by atoms with Crippen LogP contribution < -0.4 is 28.5 Å². The molecule has 1 heterocycles. The number of aromatic nitrogens is 2. The second-order valence-electron chi connectivity index (χ2n) is 4.20. The molecule has 2 rings (SSSR count). The lowest BCUT2D eigenvalue weighted by molar-refractivity contribution is -0.595. The standard InChI is InChI=1S/C14H19N2.HI/c1-3-4-9-15-10-11-16(12-15)14-8-6-5-7-13(14)2;/h5-8,10-12H,3-4,9H2,1-2H3;1H/q+1;/p-1. The number of halogens is 1. The smallest absolute Gasteiger partial charge is 0.248 e. The van der Waals surface area contributed by atoms with Crippen LogP contribution in [0.3, 0.4) is 0 Å². The first-order valence-corrected chi connectivity index (χ1v) is 5.94. The van der Waals surface area contributed by atoms with E-state index in [9.17, 15) is 0 Å². The van der Waals surface area contributed by atoms with Gasteiger partial charge in [-0.3, -0.25) is 0 Å². The van der Waals surface area contributed by atoms with Gasteiger partial charge in [0.15, 0.2) is 0 Å². The third-order valence-electron chi connectivity index (χ3n) is 2.85. The molecule has 0 radical (unpaired) electrons. The molecule has 92 valence electrons. The molecule has 0 bridgehead atoms. The Kier molecular flexibility index (Phi) is 5.68. The van der Waals surface area contributed by atoms with Gasteiger partial charge in [0, 0.05) is 0 Å². The molecule has 0 N–H and O–H groups in total. The summed E-state index contributed by atoms with van der Waals surface area (Å²) in [6, 6.07) is 8.46. The van der Waals surface area contributed by atoms with Crippen molar-refractivity contribution in [3.8, 4) is 5.69 Å². The lowest BCUT2D eigenvalue weighted by atomic mass is 10.2. The normalized spacial score (nSPS) is 10.0. The van der Waals surface area contributed by atoms with Crippen LogP contribution in [0.15, 0.2) is 43.0 Å². The number of para-hydroxylation sites is 1. The molecule has 2 aromatic rings. The van der Waals surface area contributed by atoms with Gasteiger partial charge in [0.25, 0.3) is 0 Å². The van der Waals surface area contributed by atoms with Gasteiger partial charge < -0.3 is 24.0 Å². The number of rotatable bonds is 4. The largest absolute Gasteiger partial charge is 1.00 e. The average Bonchev–Trinajstić information content (AvgIpc) is 2.75. The van der Waals surface area contributed by atoms with Gasteiger partial charge in [-0.05, 0) is 25.0 Å². The van der Waals surface area contributed by atoms with Crippen molar-refractivity contribution in [3.63, 3.8) is 0 Å². The van der Waals surface area contributed by atoms with Crippen molar-refractivity contribution in [3.05, 3.63) is 48.5 Å². The monoisotopic (exact) mass is 342 g/mol. The minimum atomic E-state index is 0. The maximum absolute atomic E-state index is 2.25. The van der Waals surface area contributed by atoms with Gasteiger partial charge in [0.05, 0.1) is 6.54 Å². The highest BCUT2D eigenvalue weighted by molar-refractivity contribution is 5.31. The fourth-order valence-electron chi connectivity index (χ4n) is 1.86. The minimum Gasteiger partial charge on any atom is -1.00 e. The first-order valence-electron chi connectivity index (χ1n) is 5.94. The van der Waals surface area contributed by atoms with Crippen LogP contribution in [0.2, 0.25) is 0 Å². The zero-order valence-electron chi connectivity index (χ0n) is 10.4. The van der Waals surface area contributed by atoms with Crippen LogP contribution in [0.25, 0.3) is 5.69 Å². The summed E-state index contributed by atoms with van der Waals surface area (Å²) >= 11 is 0. The van der Waals surface area contributed by atoms with E-state index in [0.717, 1.165) is 6.54 Å². The van der Waals surface area contributed by atoms with E-state index in [-0.39, 0.29) is 24.0 Å². The number of nitrogens with zero attached hydrogens (tertiary/aromatic N) is 2. The summed E-state index contributed by atoms with van der Waals surface area (Å²) in [6.45, 7) is 5.47. The van der Waals surface area contributed by atoms with Gasteiger partial charge in [0.2, 0.25) is 6.33 Å². The molecular formula is C14H19IN2. The van der Waals surface area contributed by atoms with Crippen LogP contribution in [0.4, 0.5) is 0 Å². The average molecular weight is 342 g/mol. The molecule has 3 heteroatoms. The molecule has 0 aliphatic heterocycles. The second-order valence-corrected chi connectivity index (χ2v) is 4.20. The zero-order valence-corrected chi connectivity index (χ0v) is 12.6. The van der Waals surface area contributed by atoms with Gasteiger partial charge in [0.1, 0.15) is 18.1 Å². The lowest BCUT2D eigenvalue weighted by Gasteiger charge is -1.99. The Labute approximate surface area is 120 Å². The molecule has 1 aromatic carbocycles. The van der Waals surface area contributed by atoms with Gasteiger partial charge >= 0.3 is 0 Å². The van der Waals surface area contributed by atoms with Gasteiger partial charge in [-0.15, -0.1) is 0 Å². The van der Waals surface area contributed by atoms with Crippen molar-refractivity contribution in [2.45, 2.75) is 33.2 Å². The predicted molar refractivity (Wildman–Crippen MR) is 65.6 cm³/mol. The summed E-state index contributed by atoms with van der Waals surface area (Å²) < 4.78 is 4.43. The van der Waals surface area contributed by atoms with Crippen LogP contribution in [0.1, 0.15) is 25.3 Å². The number of hydrogen-bond acceptors (Lipinski definition) is 0. The van der Waals surface area contributed by atoms with Crippen molar-refractivity contribution in [1.29, 1.82) is 0 Å². The fraction of sp³-hybridized carbons (Fsp3) is 0.357. The Morgan fingerprint density at radius 2 is 2.00 bits per heavy atom. The Morgan fingerprint density at radius 1 is 1.24 bits per heavy atom. The fourth-order valence-corrected chi connectivity index (χ4v) is 1.86. The van der Waals surface area contributed by atoms with E-state index >= 15 is 0 Å². The maximum atomic E-state index is 2.25. The zero-order chi connectivity index (χ0) is 11.4. The van der Waals surface area contributed by atoms with Crippen LogP contribution in [0.5, 0.6) is 0 Å². The highest BCUT2D eigenvalue weighted by Crippen LogP contribution is 2.06. The van der Waals surface area contributed by atoms with E-state index in [2.05, 4.69) is 66.0 Å². The lowest BCUT2D eigenvalue weighted by Crippen LogP contribution is -3.00. The van der Waals surface area contributed by atoms with E-state index < -0.39 is 0 Å². The third-order valence-corrected chi connectivity index (χ3v) is 2.85. The third kappa shape index (κ3) is 3.56. The van der Waals surface area contributed by atoms with Crippen molar-refractivity contribution >= 4 is 0 Å². The first-order chi connectivity index (χ1) is 7.81. The van der Waals surface area contributed by atoms with Gasteiger partial charge in [-0.2, -0.15) is 0 Å². The number of unbranched alkanes of at least 4 members (excludes halogenated alkanes) is 1. The summed E-state index contributed by atoms with van der Waals surface area (Å²) in [4.78, 5) is 0. The Bertz CT molecular complexity index is 463. The SMILES string of the molecule is CCCCn1cc[n+](-c2ccccc2C)c1.[I-]. The van der Waals surface area contributed by atoms with E-state index in [1.807, 2.05) is 0 Å². The van der Waals surface area contributed by atoms with Crippen LogP contribution in [-0.4, -0.2) is 4.57 Å².